The first kappa shape index (κ1) is 15.7. The van der Waals surface area contributed by atoms with E-state index in [4.69, 9.17) is 9.84 Å². The van der Waals surface area contributed by atoms with Crippen molar-refractivity contribution in [3.63, 3.8) is 0 Å². The molecule has 2 N–H and O–H groups in total. The largest absolute Gasteiger partial charge is 0.491 e. The molecule has 0 spiro atoms. The van der Waals surface area contributed by atoms with Crippen molar-refractivity contribution in [2.75, 3.05) is 45.9 Å². The normalized spacial score (nSPS) is 26.5. The molecule has 0 bridgehead atoms. The van der Waals surface area contributed by atoms with Crippen molar-refractivity contribution < 1.29 is 14.9 Å². The molecule has 3 rings (SSSR count). The molecule has 1 aromatic rings. The summed E-state index contributed by atoms with van der Waals surface area (Å²) >= 11 is 0. The van der Waals surface area contributed by atoms with Gasteiger partial charge in [0.2, 0.25) is 0 Å². The van der Waals surface area contributed by atoms with Crippen LogP contribution in [-0.2, 0) is 0 Å². The summed E-state index contributed by atoms with van der Waals surface area (Å²) in [6.07, 6.45) is -0.493. The molecule has 2 aliphatic heterocycles. The van der Waals surface area contributed by atoms with E-state index in [0.717, 1.165) is 49.6 Å². The van der Waals surface area contributed by atoms with Crippen LogP contribution in [-0.4, -0.2) is 72.0 Å². The molecule has 5 nitrogen and oxygen atoms in total. The summed E-state index contributed by atoms with van der Waals surface area (Å²) in [7, 11) is 0. The minimum Gasteiger partial charge on any atom is -0.491 e. The van der Waals surface area contributed by atoms with Crippen molar-refractivity contribution in [1.29, 1.82) is 0 Å². The zero-order valence-corrected chi connectivity index (χ0v) is 13.5. The topological polar surface area (TPSA) is 56.2 Å². The van der Waals surface area contributed by atoms with Crippen LogP contribution in [0.15, 0.2) is 12.1 Å². The van der Waals surface area contributed by atoms with E-state index < -0.39 is 6.10 Å². The number of hydrogen-bond donors (Lipinski definition) is 2. The zero-order valence-electron chi connectivity index (χ0n) is 13.5. The van der Waals surface area contributed by atoms with Gasteiger partial charge in [0, 0.05) is 38.3 Å². The molecule has 2 unspecified atom stereocenters. The highest BCUT2D eigenvalue weighted by atomic mass is 16.5. The van der Waals surface area contributed by atoms with E-state index in [2.05, 4.69) is 29.7 Å². The first-order valence-electron chi connectivity index (χ1n) is 8.10. The lowest BCUT2D eigenvalue weighted by Gasteiger charge is -2.43. The van der Waals surface area contributed by atoms with Crippen LogP contribution >= 0.6 is 0 Å². The molecule has 2 heterocycles. The van der Waals surface area contributed by atoms with E-state index in [1.807, 2.05) is 6.07 Å². The van der Waals surface area contributed by atoms with Crippen LogP contribution in [0.2, 0.25) is 0 Å². The van der Waals surface area contributed by atoms with Gasteiger partial charge in [-0.3, -0.25) is 9.80 Å². The molecule has 1 saturated heterocycles. The van der Waals surface area contributed by atoms with Gasteiger partial charge in [-0.15, -0.1) is 0 Å². The third-order valence-corrected chi connectivity index (χ3v) is 5.08. The number of benzene rings is 1. The summed E-state index contributed by atoms with van der Waals surface area (Å²) in [5, 5.41) is 19.8. The number of rotatable bonds is 3. The Morgan fingerprint density at radius 2 is 1.91 bits per heavy atom. The first-order valence-corrected chi connectivity index (χ1v) is 8.10. The van der Waals surface area contributed by atoms with Gasteiger partial charge in [-0.2, -0.15) is 0 Å². The Morgan fingerprint density at radius 3 is 2.59 bits per heavy atom. The summed E-state index contributed by atoms with van der Waals surface area (Å²) in [4.78, 5) is 4.57. The van der Waals surface area contributed by atoms with Crippen LogP contribution in [0.5, 0.6) is 5.75 Å². The maximum Gasteiger partial charge on any atom is 0.128 e. The Hall–Kier alpha value is -1.14. The number of aryl methyl sites for hydroxylation is 1. The zero-order chi connectivity index (χ0) is 15.7. The number of hydrogen-bond acceptors (Lipinski definition) is 5. The van der Waals surface area contributed by atoms with Gasteiger partial charge in [-0.05, 0) is 25.0 Å². The highest BCUT2D eigenvalue weighted by molar-refractivity contribution is 5.48. The monoisotopic (exact) mass is 306 g/mol. The Labute approximate surface area is 132 Å². The molecule has 0 amide bonds. The smallest absolute Gasteiger partial charge is 0.128 e. The second-order valence-corrected chi connectivity index (χ2v) is 6.35. The van der Waals surface area contributed by atoms with E-state index in [9.17, 15) is 5.11 Å². The summed E-state index contributed by atoms with van der Waals surface area (Å²) < 4.78 is 5.99. The lowest BCUT2D eigenvalue weighted by molar-refractivity contribution is -0.0190. The Kier molecular flexibility index (Phi) is 4.68. The second kappa shape index (κ2) is 6.54. The number of ether oxygens (including phenoxy) is 1. The van der Waals surface area contributed by atoms with Crippen LogP contribution in [0.4, 0.5) is 0 Å². The molecule has 1 aromatic carbocycles. The van der Waals surface area contributed by atoms with Crippen LogP contribution in [0.25, 0.3) is 0 Å². The van der Waals surface area contributed by atoms with E-state index >= 15 is 0 Å². The van der Waals surface area contributed by atoms with E-state index in [1.165, 1.54) is 5.56 Å². The van der Waals surface area contributed by atoms with Crippen molar-refractivity contribution in [2.24, 2.45) is 0 Å². The fraction of sp³-hybridized carbons (Fsp3) is 0.647. The van der Waals surface area contributed by atoms with E-state index in [0.29, 0.717) is 6.61 Å². The Morgan fingerprint density at radius 1 is 1.18 bits per heavy atom. The van der Waals surface area contributed by atoms with Crippen molar-refractivity contribution in [3.05, 3.63) is 28.8 Å². The minimum atomic E-state index is -0.493. The van der Waals surface area contributed by atoms with Gasteiger partial charge in [0.05, 0.1) is 12.6 Å². The molecular formula is C17H26N2O3. The van der Waals surface area contributed by atoms with Crippen molar-refractivity contribution >= 4 is 0 Å². The molecule has 0 saturated carbocycles. The van der Waals surface area contributed by atoms with Gasteiger partial charge in [-0.1, -0.05) is 12.1 Å². The summed E-state index contributed by atoms with van der Waals surface area (Å²) in [6.45, 7) is 9.29. The lowest BCUT2D eigenvalue weighted by atomic mass is 9.93. The van der Waals surface area contributed by atoms with Crippen LogP contribution in [0, 0.1) is 13.8 Å². The maximum atomic E-state index is 10.8. The summed E-state index contributed by atoms with van der Waals surface area (Å²) in [5.41, 5.74) is 3.24. The number of fused-ring (bicyclic) bond motifs is 1. The molecule has 0 radical (unpaired) electrons. The molecule has 1 fully saturated rings. The van der Waals surface area contributed by atoms with Gasteiger partial charge in [-0.25, -0.2) is 0 Å². The van der Waals surface area contributed by atoms with Gasteiger partial charge >= 0.3 is 0 Å². The van der Waals surface area contributed by atoms with Crippen molar-refractivity contribution in [3.8, 4) is 5.75 Å². The molecule has 0 aromatic heterocycles. The molecule has 2 aliphatic rings. The molecule has 2 atom stereocenters. The van der Waals surface area contributed by atoms with Crippen molar-refractivity contribution in [1.82, 2.24) is 9.80 Å². The maximum absolute atomic E-state index is 10.8. The fourth-order valence-electron chi connectivity index (χ4n) is 3.47. The lowest BCUT2D eigenvalue weighted by Crippen LogP contribution is -2.55. The second-order valence-electron chi connectivity index (χ2n) is 6.35. The minimum absolute atomic E-state index is 0.0193. The summed E-state index contributed by atoms with van der Waals surface area (Å²) in [5.74, 6) is 0.864. The Bertz CT molecular complexity index is 527. The first-order chi connectivity index (χ1) is 10.6. The quantitative estimate of drug-likeness (QED) is 0.861. The third-order valence-electron chi connectivity index (χ3n) is 5.08. The van der Waals surface area contributed by atoms with E-state index in [1.54, 1.807) is 0 Å². The number of nitrogens with zero attached hydrogens (tertiary/aromatic N) is 2. The Balaban J connectivity index is 1.71. The van der Waals surface area contributed by atoms with Gasteiger partial charge < -0.3 is 14.9 Å². The standard InChI is InChI=1S/C17H26N2O3/c1-12-3-4-14-16(21)15(11-22-17(14)13(12)2)19-7-5-18(6-8-19)9-10-20/h3-4,15-16,20-21H,5-11H2,1-2H3. The highest BCUT2D eigenvalue weighted by Gasteiger charge is 2.35. The average molecular weight is 306 g/mol. The van der Waals surface area contributed by atoms with Gasteiger partial charge in [0.25, 0.3) is 0 Å². The SMILES string of the molecule is Cc1ccc2c(c1C)OCC(N1CCN(CCO)CC1)C2O. The fourth-order valence-corrected chi connectivity index (χ4v) is 3.47. The highest BCUT2D eigenvalue weighted by Crippen LogP contribution is 2.38. The summed E-state index contributed by atoms with van der Waals surface area (Å²) in [6, 6.07) is 4.07. The third kappa shape index (κ3) is 2.86. The van der Waals surface area contributed by atoms with Crippen molar-refractivity contribution in [2.45, 2.75) is 26.0 Å². The van der Waals surface area contributed by atoms with Gasteiger partial charge in [0.1, 0.15) is 18.5 Å². The van der Waals surface area contributed by atoms with Gasteiger partial charge in [0.15, 0.2) is 0 Å². The average Bonchev–Trinajstić information content (AvgIpc) is 2.53. The predicted octanol–water partition coefficient (Wildman–Crippen LogP) is 0.708. The number of aliphatic hydroxyl groups excluding tert-OH is 2. The molecule has 122 valence electrons. The molecule has 0 aliphatic carbocycles. The van der Waals surface area contributed by atoms with E-state index in [-0.39, 0.29) is 12.6 Å². The molecular weight excluding hydrogens is 280 g/mol. The number of β-amino-alcohol motifs (C(OH)–C–C–N with tert-alkyl or cyclic N) is 1. The predicted molar refractivity (Wildman–Crippen MR) is 85.3 cm³/mol. The molecule has 22 heavy (non-hydrogen) atoms. The van der Waals surface area contributed by atoms with Crippen LogP contribution in [0.1, 0.15) is 22.8 Å². The van der Waals surface area contributed by atoms with Crippen LogP contribution < -0.4 is 4.74 Å². The van der Waals surface area contributed by atoms with Crippen LogP contribution in [0.3, 0.4) is 0 Å². The number of piperazine rings is 1. The molecule has 5 heteroatoms. The number of aliphatic hydroxyl groups is 2.